The summed E-state index contributed by atoms with van der Waals surface area (Å²) >= 11 is 0. The SMILES string of the molecule is COc1ncc(CN2CCCC2c2nc(N3CCOCC3)c3ncn(C)c3n2)cn1. The molecule has 0 amide bonds. The van der Waals surface area contributed by atoms with E-state index in [2.05, 4.69) is 24.8 Å². The van der Waals surface area contributed by atoms with Crippen molar-refractivity contribution in [3.63, 3.8) is 0 Å². The van der Waals surface area contributed by atoms with Gasteiger partial charge in [0.25, 0.3) is 0 Å². The maximum atomic E-state index is 5.53. The maximum absolute atomic E-state index is 5.53. The van der Waals surface area contributed by atoms with E-state index < -0.39 is 0 Å². The van der Waals surface area contributed by atoms with Gasteiger partial charge in [-0.05, 0) is 19.4 Å². The number of morpholine rings is 1. The Hall–Kier alpha value is -2.85. The molecule has 158 valence electrons. The van der Waals surface area contributed by atoms with Crippen LogP contribution in [0.5, 0.6) is 6.01 Å². The largest absolute Gasteiger partial charge is 0.467 e. The highest BCUT2D eigenvalue weighted by atomic mass is 16.5. The van der Waals surface area contributed by atoms with Gasteiger partial charge in [-0.15, -0.1) is 0 Å². The van der Waals surface area contributed by atoms with Crippen LogP contribution in [0.15, 0.2) is 18.7 Å². The minimum Gasteiger partial charge on any atom is -0.467 e. The van der Waals surface area contributed by atoms with E-state index in [0.717, 1.165) is 67.4 Å². The number of aromatic nitrogens is 6. The molecule has 5 heterocycles. The molecule has 2 saturated heterocycles. The van der Waals surface area contributed by atoms with E-state index in [1.165, 1.54) is 0 Å². The molecule has 10 heteroatoms. The second-order valence-corrected chi connectivity index (χ2v) is 7.74. The Labute approximate surface area is 174 Å². The van der Waals surface area contributed by atoms with Gasteiger partial charge in [0.15, 0.2) is 17.0 Å². The predicted octanol–water partition coefficient (Wildman–Crippen LogP) is 1.34. The van der Waals surface area contributed by atoms with Gasteiger partial charge < -0.3 is 18.9 Å². The summed E-state index contributed by atoms with van der Waals surface area (Å²) in [6.45, 7) is 4.81. The van der Waals surface area contributed by atoms with Crippen molar-refractivity contribution in [1.82, 2.24) is 34.4 Å². The molecule has 3 aromatic heterocycles. The number of fused-ring (bicyclic) bond motifs is 1. The van der Waals surface area contributed by atoms with Crippen LogP contribution in [0.1, 0.15) is 30.3 Å². The number of rotatable bonds is 5. The Morgan fingerprint density at radius 3 is 2.67 bits per heavy atom. The van der Waals surface area contributed by atoms with Gasteiger partial charge in [0, 0.05) is 44.6 Å². The van der Waals surface area contributed by atoms with Crippen molar-refractivity contribution >= 4 is 17.0 Å². The average molecular weight is 410 g/mol. The Balaban J connectivity index is 1.47. The molecule has 1 unspecified atom stereocenters. The molecule has 0 radical (unpaired) electrons. The summed E-state index contributed by atoms with van der Waals surface area (Å²) in [5.74, 6) is 1.78. The highest BCUT2D eigenvalue weighted by molar-refractivity contribution is 5.83. The second kappa shape index (κ2) is 8.11. The molecule has 0 aliphatic carbocycles. The highest BCUT2D eigenvalue weighted by Crippen LogP contribution is 2.34. The van der Waals surface area contributed by atoms with Crippen molar-refractivity contribution in [1.29, 1.82) is 0 Å². The fourth-order valence-corrected chi connectivity index (χ4v) is 4.23. The molecular formula is C20H26N8O2. The predicted molar refractivity (Wildman–Crippen MR) is 110 cm³/mol. The van der Waals surface area contributed by atoms with E-state index in [4.69, 9.17) is 19.4 Å². The molecule has 1 atom stereocenters. The molecule has 30 heavy (non-hydrogen) atoms. The smallest absolute Gasteiger partial charge is 0.316 e. The summed E-state index contributed by atoms with van der Waals surface area (Å²) in [5.41, 5.74) is 2.79. The lowest BCUT2D eigenvalue weighted by molar-refractivity contribution is 0.122. The number of likely N-dealkylation sites (tertiary alicyclic amines) is 1. The maximum Gasteiger partial charge on any atom is 0.316 e. The van der Waals surface area contributed by atoms with Gasteiger partial charge in [-0.2, -0.15) is 0 Å². The lowest BCUT2D eigenvalue weighted by atomic mass is 10.2. The van der Waals surface area contributed by atoms with Gasteiger partial charge >= 0.3 is 6.01 Å². The summed E-state index contributed by atoms with van der Waals surface area (Å²) < 4.78 is 12.6. The Kier molecular flexibility index (Phi) is 5.17. The average Bonchev–Trinajstić information content (AvgIpc) is 3.41. The Morgan fingerprint density at radius 1 is 1.10 bits per heavy atom. The summed E-state index contributed by atoms with van der Waals surface area (Å²) in [4.78, 5) is 27.7. The van der Waals surface area contributed by atoms with Crippen molar-refractivity contribution < 1.29 is 9.47 Å². The van der Waals surface area contributed by atoms with Crippen LogP contribution in [0.3, 0.4) is 0 Å². The summed E-state index contributed by atoms with van der Waals surface area (Å²) in [5, 5.41) is 0. The second-order valence-electron chi connectivity index (χ2n) is 7.74. The topological polar surface area (TPSA) is 94.3 Å². The first-order valence-corrected chi connectivity index (χ1v) is 10.3. The number of hydrogen-bond acceptors (Lipinski definition) is 9. The minimum absolute atomic E-state index is 0.159. The summed E-state index contributed by atoms with van der Waals surface area (Å²) in [6.07, 6.45) is 7.61. The first-order chi connectivity index (χ1) is 14.7. The lowest BCUT2D eigenvalue weighted by Gasteiger charge is -2.29. The molecule has 2 fully saturated rings. The molecule has 5 rings (SSSR count). The van der Waals surface area contributed by atoms with E-state index in [1.54, 1.807) is 7.11 Å². The number of anilines is 1. The van der Waals surface area contributed by atoms with Crippen LogP contribution in [0.4, 0.5) is 5.82 Å². The van der Waals surface area contributed by atoms with E-state index in [1.807, 2.05) is 30.3 Å². The molecule has 3 aromatic rings. The Bertz CT molecular complexity index is 1020. The van der Waals surface area contributed by atoms with Gasteiger partial charge in [-0.1, -0.05) is 0 Å². The first-order valence-electron chi connectivity index (χ1n) is 10.3. The summed E-state index contributed by atoms with van der Waals surface area (Å²) in [6, 6.07) is 0.544. The van der Waals surface area contributed by atoms with Crippen molar-refractivity contribution in [2.45, 2.75) is 25.4 Å². The fourth-order valence-electron chi connectivity index (χ4n) is 4.23. The molecule has 0 aromatic carbocycles. The monoisotopic (exact) mass is 410 g/mol. The number of methoxy groups -OCH3 is 1. The molecule has 10 nitrogen and oxygen atoms in total. The van der Waals surface area contributed by atoms with Crippen LogP contribution in [-0.2, 0) is 18.3 Å². The minimum atomic E-state index is 0.159. The van der Waals surface area contributed by atoms with Crippen LogP contribution < -0.4 is 9.64 Å². The normalized spacial score (nSPS) is 20.2. The van der Waals surface area contributed by atoms with Gasteiger partial charge in [0.05, 0.1) is 32.7 Å². The summed E-state index contributed by atoms with van der Waals surface area (Å²) in [7, 11) is 3.56. The van der Waals surface area contributed by atoms with E-state index in [0.29, 0.717) is 19.2 Å². The van der Waals surface area contributed by atoms with E-state index >= 15 is 0 Å². The molecule has 0 N–H and O–H groups in total. The van der Waals surface area contributed by atoms with Crippen molar-refractivity contribution in [3.05, 3.63) is 30.1 Å². The van der Waals surface area contributed by atoms with Crippen LogP contribution in [-0.4, -0.2) is 74.3 Å². The van der Waals surface area contributed by atoms with E-state index in [9.17, 15) is 0 Å². The van der Waals surface area contributed by atoms with Gasteiger partial charge in [0.2, 0.25) is 0 Å². The van der Waals surface area contributed by atoms with Gasteiger partial charge in [-0.25, -0.2) is 24.9 Å². The molecule has 2 aliphatic heterocycles. The molecule has 0 spiro atoms. The zero-order chi connectivity index (χ0) is 20.5. The third-order valence-electron chi connectivity index (χ3n) is 5.78. The van der Waals surface area contributed by atoms with Crippen molar-refractivity contribution in [2.75, 3.05) is 44.9 Å². The van der Waals surface area contributed by atoms with Crippen LogP contribution in [0, 0.1) is 0 Å². The third kappa shape index (κ3) is 3.56. The first kappa shape index (κ1) is 19.1. The molecule has 0 saturated carbocycles. The van der Waals surface area contributed by atoms with Crippen LogP contribution >= 0.6 is 0 Å². The molecular weight excluding hydrogens is 384 g/mol. The Morgan fingerprint density at radius 2 is 1.90 bits per heavy atom. The van der Waals surface area contributed by atoms with E-state index in [-0.39, 0.29) is 6.04 Å². The number of nitrogens with zero attached hydrogens (tertiary/aromatic N) is 8. The van der Waals surface area contributed by atoms with Crippen molar-refractivity contribution in [2.24, 2.45) is 7.05 Å². The standard InChI is InChI=1S/C20H26N8O2/c1-26-13-23-16-18(26)24-17(25-19(16)27-6-8-30-9-7-27)15-4-3-5-28(15)12-14-10-21-20(29-2)22-11-14/h10-11,13,15H,3-9,12H2,1-2H3. The zero-order valence-corrected chi connectivity index (χ0v) is 17.4. The quantitative estimate of drug-likeness (QED) is 0.617. The molecule has 0 bridgehead atoms. The number of aryl methyl sites for hydroxylation is 1. The number of hydrogen-bond donors (Lipinski definition) is 0. The van der Waals surface area contributed by atoms with Crippen LogP contribution in [0.25, 0.3) is 11.2 Å². The molecule has 2 aliphatic rings. The highest BCUT2D eigenvalue weighted by Gasteiger charge is 2.31. The fraction of sp³-hybridized carbons (Fsp3) is 0.550. The van der Waals surface area contributed by atoms with Gasteiger partial charge in [-0.3, -0.25) is 4.90 Å². The number of imidazole rings is 1. The number of ether oxygens (including phenoxy) is 2. The lowest BCUT2D eigenvalue weighted by Crippen LogP contribution is -2.37. The third-order valence-corrected chi connectivity index (χ3v) is 5.78. The van der Waals surface area contributed by atoms with Crippen molar-refractivity contribution in [3.8, 4) is 6.01 Å². The van der Waals surface area contributed by atoms with Crippen LogP contribution in [0.2, 0.25) is 0 Å². The van der Waals surface area contributed by atoms with Gasteiger partial charge in [0.1, 0.15) is 5.82 Å². The zero-order valence-electron chi connectivity index (χ0n) is 17.4.